The summed E-state index contributed by atoms with van der Waals surface area (Å²) in [5.41, 5.74) is 0.0744. The van der Waals surface area contributed by atoms with Crippen molar-refractivity contribution in [2.45, 2.75) is 26.1 Å². The molecule has 0 saturated heterocycles. The summed E-state index contributed by atoms with van der Waals surface area (Å²) >= 11 is 11.6. The number of hydrogen-bond donors (Lipinski definition) is 2. The Morgan fingerprint density at radius 1 is 1.22 bits per heavy atom. The number of hydrogen-bond acceptors (Lipinski definition) is 2. The van der Waals surface area contributed by atoms with Crippen LogP contribution in [0.1, 0.15) is 24.2 Å². The molecular formula is C14H15Cl2F3N2O2. The standard InChI is InChI=1S/C14H15Cl2F3N2O2/c1-7(2)11(13(23)20-6-14(17,18)19)21-12(22)9-4-3-8(15)5-10(9)16/h3-5,7,11H,6H2,1-2H3,(H,20,23)(H,21,22)/t11-/m0/s1. The largest absolute Gasteiger partial charge is 0.405 e. The van der Waals surface area contributed by atoms with Crippen molar-refractivity contribution >= 4 is 35.0 Å². The number of carbonyl (C=O) groups excluding carboxylic acids is 2. The van der Waals surface area contributed by atoms with Crippen molar-refractivity contribution in [3.05, 3.63) is 33.8 Å². The van der Waals surface area contributed by atoms with Crippen LogP contribution in [0.4, 0.5) is 13.2 Å². The first-order valence-corrected chi connectivity index (χ1v) is 7.37. The van der Waals surface area contributed by atoms with Crippen molar-refractivity contribution in [2.75, 3.05) is 6.54 Å². The molecule has 0 bridgehead atoms. The van der Waals surface area contributed by atoms with Crippen molar-refractivity contribution in [3.8, 4) is 0 Å². The monoisotopic (exact) mass is 370 g/mol. The predicted octanol–water partition coefficient (Wildman–Crippen LogP) is 3.43. The van der Waals surface area contributed by atoms with E-state index in [4.69, 9.17) is 23.2 Å². The highest BCUT2D eigenvalue weighted by atomic mass is 35.5. The lowest BCUT2D eigenvalue weighted by atomic mass is 10.0. The van der Waals surface area contributed by atoms with Crippen molar-refractivity contribution in [1.82, 2.24) is 10.6 Å². The van der Waals surface area contributed by atoms with E-state index in [0.29, 0.717) is 5.02 Å². The van der Waals surface area contributed by atoms with E-state index in [9.17, 15) is 22.8 Å². The van der Waals surface area contributed by atoms with E-state index >= 15 is 0 Å². The molecule has 0 unspecified atom stereocenters. The van der Waals surface area contributed by atoms with Gasteiger partial charge in [0, 0.05) is 5.02 Å². The second kappa shape index (κ2) is 7.88. The number of rotatable bonds is 5. The molecule has 23 heavy (non-hydrogen) atoms. The van der Waals surface area contributed by atoms with Gasteiger partial charge < -0.3 is 10.6 Å². The Morgan fingerprint density at radius 3 is 2.30 bits per heavy atom. The molecule has 0 aliphatic carbocycles. The normalized spacial score (nSPS) is 12.9. The molecule has 2 N–H and O–H groups in total. The Balaban J connectivity index is 2.83. The summed E-state index contributed by atoms with van der Waals surface area (Å²) in [4.78, 5) is 24.0. The van der Waals surface area contributed by atoms with E-state index in [2.05, 4.69) is 5.32 Å². The molecule has 0 saturated carbocycles. The van der Waals surface area contributed by atoms with E-state index in [-0.39, 0.29) is 10.6 Å². The van der Waals surface area contributed by atoms with Crippen molar-refractivity contribution in [1.29, 1.82) is 0 Å². The molecule has 4 nitrogen and oxygen atoms in total. The number of alkyl halides is 3. The van der Waals surface area contributed by atoms with Gasteiger partial charge in [0.15, 0.2) is 0 Å². The lowest BCUT2D eigenvalue weighted by molar-refractivity contribution is -0.140. The van der Waals surface area contributed by atoms with Gasteiger partial charge in [-0.3, -0.25) is 9.59 Å². The second-order valence-corrected chi connectivity index (χ2v) is 6.00. The maximum Gasteiger partial charge on any atom is 0.405 e. The predicted molar refractivity (Wildman–Crippen MR) is 81.6 cm³/mol. The van der Waals surface area contributed by atoms with Gasteiger partial charge in [0.2, 0.25) is 5.91 Å². The van der Waals surface area contributed by atoms with E-state index in [0.717, 1.165) is 0 Å². The zero-order valence-corrected chi connectivity index (χ0v) is 13.8. The fourth-order valence-electron chi connectivity index (χ4n) is 1.72. The molecule has 0 heterocycles. The van der Waals surface area contributed by atoms with Gasteiger partial charge in [0.1, 0.15) is 12.6 Å². The molecule has 9 heteroatoms. The number of halogens is 5. The number of benzene rings is 1. The zero-order valence-electron chi connectivity index (χ0n) is 12.3. The van der Waals surface area contributed by atoms with Gasteiger partial charge in [-0.15, -0.1) is 0 Å². The van der Waals surface area contributed by atoms with Crippen molar-refractivity contribution < 1.29 is 22.8 Å². The molecule has 0 aliphatic rings. The Morgan fingerprint density at radius 2 is 1.83 bits per heavy atom. The molecule has 128 valence electrons. The number of nitrogens with one attached hydrogen (secondary N) is 2. The molecule has 1 aromatic rings. The third-order valence-electron chi connectivity index (χ3n) is 2.87. The summed E-state index contributed by atoms with van der Waals surface area (Å²) in [5.74, 6) is -2.01. The van der Waals surface area contributed by atoms with Gasteiger partial charge in [0.05, 0.1) is 10.6 Å². The minimum Gasteiger partial charge on any atom is -0.345 e. The lowest BCUT2D eigenvalue weighted by Crippen LogP contribution is -2.51. The Labute approximate surface area is 141 Å². The van der Waals surface area contributed by atoms with Gasteiger partial charge in [-0.05, 0) is 24.1 Å². The van der Waals surface area contributed by atoms with Crippen LogP contribution in [0, 0.1) is 5.92 Å². The van der Waals surface area contributed by atoms with Crippen LogP contribution in [0.25, 0.3) is 0 Å². The SMILES string of the molecule is CC(C)[C@H](NC(=O)c1ccc(Cl)cc1Cl)C(=O)NCC(F)(F)F. The molecular weight excluding hydrogens is 356 g/mol. The molecule has 0 spiro atoms. The summed E-state index contributed by atoms with van der Waals surface area (Å²) in [5, 5.41) is 4.54. The Hall–Kier alpha value is -1.47. The fraction of sp³-hybridized carbons (Fsp3) is 0.429. The van der Waals surface area contributed by atoms with Crippen LogP contribution in [0.2, 0.25) is 10.0 Å². The molecule has 1 atom stereocenters. The Kier molecular flexibility index (Phi) is 6.70. The fourth-order valence-corrected chi connectivity index (χ4v) is 2.22. The first-order valence-electron chi connectivity index (χ1n) is 6.61. The van der Waals surface area contributed by atoms with Gasteiger partial charge in [-0.25, -0.2) is 0 Å². The quantitative estimate of drug-likeness (QED) is 0.833. The average Bonchev–Trinajstić information content (AvgIpc) is 2.40. The topological polar surface area (TPSA) is 58.2 Å². The molecule has 0 radical (unpaired) electrons. The third kappa shape index (κ3) is 6.27. The summed E-state index contributed by atoms with van der Waals surface area (Å²) < 4.78 is 36.5. The van der Waals surface area contributed by atoms with Crippen molar-refractivity contribution in [3.63, 3.8) is 0 Å². The Bertz CT molecular complexity index is 592. The van der Waals surface area contributed by atoms with Crippen LogP contribution in [-0.4, -0.2) is 30.6 Å². The van der Waals surface area contributed by atoms with Crippen molar-refractivity contribution in [2.24, 2.45) is 5.92 Å². The molecule has 1 rings (SSSR count). The van der Waals surface area contributed by atoms with Crippen LogP contribution >= 0.6 is 23.2 Å². The van der Waals surface area contributed by atoms with Gasteiger partial charge in [-0.2, -0.15) is 13.2 Å². The van der Waals surface area contributed by atoms with Crippen LogP contribution in [-0.2, 0) is 4.79 Å². The molecule has 1 aromatic carbocycles. The van der Waals surface area contributed by atoms with E-state index in [1.165, 1.54) is 18.2 Å². The number of amides is 2. The van der Waals surface area contributed by atoms with E-state index in [1.807, 2.05) is 0 Å². The summed E-state index contributed by atoms with van der Waals surface area (Å²) in [6.45, 7) is 1.73. The first kappa shape index (κ1) is 19.6. The second-order valence-electron chi connectivity index (χ2n) is 5.15. The van der Waals surface area contributed by atoms with Crippen LogP contribution in [0.5, 0.6) is 0 Å². The third-order valence-corrected chi connectivity index (χ3v) is 3.42. The highest BCUT2D eigenvalue weighted by Crippen LogP contribution is 2.21. The lowest BCUT2D eigenvalue weighted by Gasteiger charge is -2.22. The highest BCUT2D eigenvalue weighted by Gasteiger charge is 2.31. The van der Waals surface area contributed by atoms with Crippen LogP contribution in [0.15, 0.2) is 18.2 Å². The molecule has 2 amide bonds. The van der Waals surface area contributed by atoms with Crippen LogP contribution < -0.4 is 10.6 Å². The molecule has 0 fully saturated rings. The van der Waals surface area contributed by atoms with Crippen LogP contribution in [0.3, 0.4) is 0 Å². The van der Waals surface area contributed by atoms with Gasteiger partial charge >= 0.3 is 6.18 Å². The number of carbonyl (C=O) groups is 2. The molecule has 0 aromatic heterocycles. The summed E-state index contributed by atoms with van der Waals surface area (Å²) in [6, 6.07) is 3.03. The van der Waals surface area contributed by atoms with E-state index < -0.39 is 36.5 Å². The zero-order chi connectivity index (χ0) is 17.8. The minimum absolute atomic E-state index is 0.0744. The van der Waals surface area contributed by atoms with Gasteiger partial charge in [0.25, 0.3) is 5.91 Å². The van der Waals surface area contributed by atoms with E-state index in [1.54, 1.807) is 19.2 Å². The average molecular weight is 371 g/mol. The molecule has 0 aliphatic heterocycles. The summed E-state index contributed by atoms with van der Waals surface area (Å²) in [7, 11) is 0. The maximum atomic E-state index is 12.2. The highest BCUT2D eigenvalue weighted by molar-refractivity contribution is 6.36. The van der Waals surface area contributed by atoms with Gasteiger partial charge in [-0.1, -0.05) is 37.0 Å². The minimum atomic E-state index is -4.53. The maximum absolute atomic E-state index is 12.2. The first-order chi connectivity index (χ1) is 10.5. The summed E-state index contributed by atoms with van der Waals surface area (Å²) in [6.07, 6.45) is -4.53. The smallest absolute Gasteiger partial charge is 0.345 e.